The van der Waals surface area contributed by atoms with Crippen LogP contribution in [-0.2, 0) is 4.79 Å². The molecule has 0 saturated heterocycles. The Hall–Kier alpha value is -2.91. The molecule has 1 amide bonds. The molecule has 7 nitrogen and oxygen atoms in total. The van der Waals surface area contributed by atoms with E-state index in [1.807, 2.05) is 19.1 Å². The molecule has 0 fully saturated rings. The number of nitrogens with one attached hydrogen (secondary N) is 1. The van der Waals surface area contributed by atoms with Gasteiger partial charge >= 0.3 is 5.97 Å². The van der Waals surface area contributed by atoms with Gasteiger partial charge in [-0.2, -0.15) is 5.10 Å². The van der Waals surface area contributed by atoms with Gasteiger partial charge in [0, 0.05) is 10.0 Å². The molecule has 0 aliphatic rings. The number of nitrogens with zero attached hydrogens (tertiary/aromatic N) is 1. The van der Waals surface area contributed by atoms with Gasteiger partial charge in [0.2, 0.25) is 5.76 Å². The first-order valence-corrected chi connectivity index (χ1v) is 10.3. The van der Waals surface area contributed by atoms with Gasteiger partial charge in [0.25, 0.3) is 5.91 Å². The Balaban J connectivity index is 1.64. The van der Waals surface area contributed by atoms with Gasteiger partial charge in [0.1, 0.15) is 5.75 Å². The lowest BCUT2D eigenvalue weighted by molar-refractivity contribution is -0.123. The molecule has 1 aromatic heterocycles. The molecule has 0 saturated carbocycles. The van der Waals surface area contributed by atoms with E-state index in [0.717, 1.165) is 10.0 Å². The van der Waals surface area contributed by atoms with Crippen LogP contribution in [0, 0.1) is 6.92 Å². The van der Waals surface area contributed by atoms with Crippen LogP contribution < -0.4 is 14.9 Å². The lowest BCUT2D eigenvalue weighted by atomic mass is 10.2. The zero-order valence-electron chi connectivity index (χ0n) is 15.7. The molecule has 2 aromatic carbocycles. The monoisotopic (exact) mass is 534 g/mol. The number of hydrogen-bond donors (Lipinski definition) is 1. The van der Waals surface area contributed by atoms with Gasteiger partial charge in [-0.1, -0.05) is 33.6 Å². The van der Waals surface area contributed by atoms with Gasteiger partial charge in [0.15, 0.2) is 12.4 Å². The number of halogens is 2. The van der Waals surface area contributed by atoms with Crippen molar-refractivity contribution in [2.75, 3.05) is 6.61 Å². The minimum absolute atomic E-state index is 0.0641. The normalized spacial score (nSPS) is 10.8. The summed E-state index contributed by atoms with van der Waals surface area (Å²) in [4.78, 5) is 24.2. The maximum Gasteiger partial charge on any atom is 0.379 e. The second kappa shape index (κ2) is 10.2. The number of rotatable bonds is 7. The molecule has 0 aliphatic heterocycles. The maximum absolute atomic E-state index is 12.2. The third-order valence-corrected chi connectivity index (χ3v) is 4.78. The first-order valence-electron chi connectivity index (χ1n) is 8.68. The second-order valence-electron chi connectivity index (χ2n) is 6.07. The summed E-state index contributed by atoms with van der Waals surface area (Å²) in [6.45, 7) is 1.77. The van der Waals surface area contributed by atoms with Crippen molar-refractivity contribution in [3.05, 3.63) is 80.6 Å². The molecule has 0 spiro atoms. The summed E-state index contributed by atoms with van der Waals surface area (Å²) in [6.07, 6.45) is 2.74. The Morgan fingerprint density at radius 3 is 2.63 bits per heavy atom. The number of furan rings is 1. The van der Waals surface area contributed by atoms with Crippen LogP contribution in [0.1, 0.15) is 21.7 Å². The fraction of sp³-hybridized carbons (Fsp3) is 0.0952. The Morgan fingerprint density at radius 2 is 1.93 bits per heavy atom. The molecular formula is C21H16Br2N2O5. The summed E-state index contributed by atoms with van der Waals surface area (Å²) < 4.78 is 17.1. The molecule has 1 heterocycles. The number of benzene rings is 2. The summed E-state index contributed by atoms with van der Waals surface area (Å²) >= 11 is 6.73. The number of ether oxygens (including phenoxy) is 2. The van der Waals surface area contributed by atoms with Crippen molar-refractivity contribution in [3.8, 4) is 11.5 Å². The van der Waals surface area contributed by atoms with Gasteiger partial charge in [-0.05, 0) is 59.3 Å². The topological polar surface area (TPSA) is 90.1 Å². The molecule has 0 aliphatic carbocycles. The Bertz CT molecular complexity index is 1060. The summed E-state index contributed by atoms with van der Waals surface area (Å²) in [5, 5.41) is 3.92. The van der Waals surface area contributed by atoms with E-state index >= 15 is 0 Å². The molecule has 30 heavy (non-hydrogen) atoms. The molecule has 1 N–H and O–H groups in total. The quantitative estimate of drug-likeness (QED) is 0.202. The first kappa shape index (κ1) is 21.8. The lowest BCUT2D eigenvalue weighted by Gasteiger charge is -2.09. The fourth-order valence-electron chi connectivity index (χ4n) is 2.31. The number of carbonyl (C=O) groups excluding carboxylic acids is 2. The van der Waals surface area contributed by atoms with Crippen LogP contribution in [0.15, 0.2) is 73.3 Å². The standard InChI is InChI=1S/C21H16Br2N2O5/c1-13-4-6-16(7-5-13)29-12-19(26)25-24-11-14-9-15(22)10-17(23)20(14)30-21(27)18-3-2-8-28-18/h2-11H,12H2,1H3,(H,25,26)/b24-11-. The maximum atomic E-state index is 12.2. The van der Waals surface area contributed by atoms with E-state index in [0.29, 0.717) is 15.8 Å². The minimum atomic E-state index is -0.659. The van der Waals surface area contributed by atoms with Gasteiger partial charge in [0.05, 0.1) is 17.0 Å². The van der Waals surface area contributed by atoms with Crippen LogP contribution in [0.25, 0.3) is 0 Å². The highest BCUT2D eigenvalue weighted by molar-refractivity contribution is 9.11. The number of hydrogen-bond acceptors (Lipinski definition) is 6. The van der Waals surface area contributed by atoms with Crippen LogP contribution in [0.3, 0.4) is 0 Å². The molecule has 154 valence electrons. The second-order valence-corrected chi connectivity index (χ2v) is 7.84. The van der Waals surface area contributed by atoms with E-state index in [1.54, 1.807) is 30.3 Å². The van der Waals surface area contributed by atoms with E-state index in [-0.39, 0.29) is 18.1 Å². The molecule has 0 unspecified atom stereocenters. The fourth-order valence-corrected chi connectivity index (χ4v) is 3.65. The molecular weight excluding hydrogens is 520 g/mol. The van der Waals surface area contributed by atoms with E-state index in [9.17, 15) is 9.59 Å². The van der Waals surface area contributed by atoms with Crippen molar-refractivity contribution < 1.29 is 23.5 Å². The van der Waals surface area contributed by atoms with Crippen molar-refractivity contribution in [2.45, 2.75) is 6.92 Å². The molecule has 0 radical (unpaired) electrons. The van der Waals surface area contributed by atoms with Crippen LogP contribution in [0.2, 0.25) is 0 Å². The predicted molar refractivity (Wildman–Crippen MR) is 118 cm³/mol. The van der Waals surface area contributed by atoms with Gasteiger partial charge < -0.3 is 13.9 Å². The number of esters is 1. The van der Waals surface area contributed by atoms with Crippen LogP contribution in [0.4, 0.5) is 0 Å². The van der Waals surface area contributed by atoms with Crippen LogP contribution in [-0.4, -0.2) is 24.7 Å². The molecule has 3 aromatic rings. The Kier molecular flexibility index (Phi) is 7.42. The highest BCUT2D eigenvalue weighted by Gasteiger charge is 2.17. The number of carbonyl (C=O) groups is 2. The number of hydrazone groups is 1. The van der Waals surface area contributed by atoms with E-state index in [4.69, 9.17) is 13.9 Å². The van der Waals surface area contributed by atoms with Crippen molar-refractivity contribution >= 4 is 50.0 Å². The smallest absolute Gasteiger partial charge is 0.379 e. The molecule has 0 bridgehead atoms. The van der Waals surface area contributed by atoms with E-state index in [1.165, 1.54) is 18.5 Å². The molecule has 9 heteroatoms. The molecule has 0 atom stereocenters. The number of amides is 1. The Labute approximate surface area is 189 Å². The van der Waals surface area contributed by atoms with Gasteiger partial charge in [-0.25, -0.2) is 10.2 Å². The predicted octanol–water partition coefficient (Wildman–Crippen LogP) is 4.86. The molecule has 3 rings (SSSR count). The van der Waals surface area contributed by atoms with E-state index in [2.05, 4.69) is 42.4 Å². The number of aryl methyl sites for hydroxylation is 1. The minimum Gasteiger partial charge on any atom is -0.484 e. The van der Waals surface area contributed by atoms with Gasteiger partial charge in [-0.3, -0.25) is 4.79 Å². The third-order valence-electron chi connectivity index (χ3n) is 3.74. The average Bonchev–Trinajstić information content (AvgIpc) is 3.25. The summed E-state index contributed by atoms with van der Waals surface area (Å²) in [7, 11) is 0. The summed E-state index contributed by atoms with van der Waals surface area (Å²) in [5.74, 6) is -0.214. The lowest BCUT2D eigenvalue weighted by Crippen LogP contribution is -2.24. The van der Waals surface area contributed by atoms with Crippen molar-refractivity contribution in [1.82, 2.24) is 5.43 Å². The van der Waals surface area contributed by atoms with Crippen molar-refractivity contribution in [1.29, 1.82) is 0 Å². The first-order chi connectivity index (χ1) is 14.4. The Morgan fingerprint density at radius 1 is 1.17 bits per heavy atom. The summed E-state index contributed by atoms with van der Waals surface area (Å²) in [5.41, 5.74) is 3.93. The van der Waals surface area contributed by atoms with Crippen LogP contribution >= 0.6 is 31.9 Å². The highest BCUT2D eigenvalue weighted by atomic mass is 79.9. The van der Waals surface area contributed by atoms with E-state index < -0.39 is 11.9 Å². The average molecular weight is 536 g/mol. The zero-order chi connectivity index (χ0) is 21.5. The van der Waals surface area contributed by atoms with Gasteiger partial charge in [-0.15, -0.1) is 0 Å². The SMILES string of the molecule is Cc1ccc(OCC(=O)N/N=C\c2cc(Br)cc(Br)c2OC(=O)c2ccco2)cc1. The largest absolute Gasteiger partial charge is 0.484 e. The summed E-state index contributed by atoms with van der Waals surface area (Å²) in [6, 6.07) is 13.8. The third kappa shape index (κ3) is 6.04. The van der Waals surface area contributed by atoms with Crippen molar-refractivity contribution in [3.63, 3.8) is 0 Å². The highest BCUT2D eigenvalue weighted by Crippen LogP contribution is 2.32. The van der Waals surface area contributed by atoms with Crippen molar-refractivity contribution in [2.24, 2.45) is 5.10 Å². The zero-order valence-corrected chi connectivity index (χ0v) is 18.9. The van der Waals surface area contributed by atoms with Crippen LogP contribution in [0.5, 0.6) is 11.5 Å².